The van der Waals surface area contributed by atoms with Crippen molar-refractivity contribution in [2.45, 2.75) is 51.0 Å². The van der Waals surface area contributed by atoms with E-state index in [2.05, 4.69) is 10.6 Å². The molecular weight excluding hydrogens is 326 g/mol. The van der Waals surface area contributed by atoms with Crippen LogP contribution in [0.4, 0.5) is 11.4 Å². The molecule has 0 aromatic heterocycles. The molecule has 2 atom stereocenters. The number of benzene rings is 1. The second-order valence-electron chi connectivity index (χ2n) is 6.80. The molecular formula is C18H26ClN3O2. The molecule has 0 spiro atoms. The molecule has 6 heteroatoms. The van der Waals surface area contributed by atoms with Crippen LogP contribution >= 0.6 is 12.4 Å². The number of nitrogens with one attached hydrogen (secondary N) is 2. The van der Waals surface area contributed by atoms with Gasteiger partial charge >= 0.3 is 0 Å². The Morgan fingerprint density at radius 3 is 2.12 bits per heavy atom. The molecule has 2 saturated carbocycles. The van der Waals surface area contributed by atoms with Crippen molar-refractivity contribution in [2.75, 3.05) is 10.6 Å². The zero-order chi connectivity index (χ0) is 16.2. The zero-order valence-electron chi connectivity index (χ0n) is 13.8. The van der Waals surface area contributed by atoms with E-state index in [0.29, 0.717) is 12.3 Å². The number of anilines is 2. The fourth-order valence-electron chi connectivity index (χ4n) is 3.17. The number of hydrogen-bond acceptors (Lipinski definition) is 3. The largest absolute Gasteiger partial charge is 0.327 e. The molecule has 5 nitrogen and oxygen atoms in total. The summed E-state index contributed by atoms with van der Waals surface area (Å²) < 4.78 is 0. The van der Waals surface area contributed by atoms with E-state index in [9.17, 15) is 9.59 Å². The third kappa shape index (κ3) is 5.21. The second kappa shape index (κ2) is 8.49. The van der Waals surface area contributed by atoms with Crippen LogP contribution in [-0.2, 0) is 9.59 Å². The van der Waals surface area contributed by atoms with Gasteiger partial charge in [0, 0.05) is 29.8 Å². The van der Waals surface area contributed by atoms with Crippen LogP contribution in [-0.4, -0.2) is 17.9 Å². The maximum absolute atomic E-state index is 12.2. The molecule has 0 bridgehead atoms. The van der Waals surface area contributed by atoms with Gasteiger partial charge < -0.3 is 16.4 Å². The number of amides is 2. The first-order valence-corrected chi connectivity index (χ1v) is 8.58. The van der Waals surface area contributed by atoms with Gasteiger partial charge in [0.25, 0.3) is 0 Å². The molecule has 1 aromatic rings. The van der Waals surface area contributed by atoms with Gasteiger partial charge in [-0.15, -0.1) is 12.4 Å². The predicted molar refractivity (Wildman–Crippen MR) is 98.2 cm³/mol. The summed E-state index contributed by atoms with van der Waals surface area (Å²) in [5.41, 5.74) is 7.62. The predicted octanol–water partition coefficient (Wildman–Crippen LogP) is 3.30. The standard InChI is InChI=1S/C18H25N3O2.ClH/c19-16-4-2-1-3-13(16)11-17(22)20-14-7-9-15(10-8-14)21-18(23)12-5-6-12;/h7-10,12-13,16H,1-6,11,19H2,(H,20,22)(H,21,23);1H. The number of nitrogens with two attached hydrogens (primary N) is 1. The van der Waals surface area contributed by atoms with E-state index in [0.717, 1.165) is 37.1 Å². The molecule has 0 saturated heterocycles. The number of rotatable bonds is 5. The Labute approximate surface area is 149 Å². The highest BCUT2D eigenvalue weighted by molar-refractivity contribution is 5.95. The van der Waals surface area contributed by atoms with Crippen molar-refractivity contribution in [3.05, 3.63) is 24.3 Å². The summed E-state index contributed by atoms with van der Waals surface area (Å²) in [5.74, 6) is 0.588. The number of halogens is 1. The van der Waals surface area contributed by atoms with Gasteiger partial charge in [-0.3, -0.25) is 9.59 Å². The summed E-state index contributed by atoms with van der Waals surface area (Å²) in [4.78, 5) is 23.8. The third-order valence-electron chi connectivity index (χ3n) is 4.80. The van der Waals surface area contributed by atoms with Gasteiger partial charge in [-0.25, -0.2) is 0 Å². The van der Waals surface area contributed by atoms with Crippen LogP contribution in [0.3, 0.4) is 0 Å². The van der Waals surface area contributed by atoms with Crippen molar-refractivity contribution in [1.29, 1.82) is 0 Å². The molecule has 2 aliphatic carbocycles. The average molecular weight is 352 g/mol. The van der Waals surface area contributed by atoms with Crippen LogP contribution in [0, 0.1) is 11.8 Å². The van der Waals surface area contributed by atoms with E-state index >= 15 is 0 Å². The molecule has 132 valence electrons. The van der Waals surface area contributed by atoms with Gasteiger partial charge in [-0.05, 0) is 55.9 Å². The van der Waals surface area contributed by atoms with Crippen molar-refractivity contribution < 1.29 is 9.59 Å². The smallest absolute Gasteiger partial charge is 0.227 e. The normalized spacial score (nSPS) is 23.0. The van der Waals surface area contributed by atoms with Crippen LogP contribution in [0.5, 0.6) is 0 Å². The van der Waals surface area contributed by atoms with E-state index < -0.39 is 0 Å². The SMILES string of the molecule is Cl.NC1CCCCC1CC(=O)Nc1ccc(NC(=O)C2CC2)cc1. The summed E-state index contributed by atoms with van der Waals surface area (Å²) in [6.07, 6.45) is 6.87. The van der Waals surface area contributed by atoms with E-state index in [1.807, 2.05) is 24.3 Å². The Morgan fingerprint density at radius 1 is 0.958 bits per heavy atom. The summed E-state index contributed by atoms with van der Waals surface area (Å²) in [6.45, 7) is 0. The minimum atomic E-state index is 0. The fourth-order valence-corrected chi connectivity index (χ4v) is 3.17. The quantitative estimate of drug-likeness (QED) is 0.760. The maximum atomic E-state index is 12.2. The van der Waals surface area contributed by atoms with Crippen molar-refractivity contribution >= 4 is 35.6 Å². The lowest BCUT2D eigenvalue weighted by atomic mass is 9.83. The number of carbonyl (C=O) groups is 2. The van der Waals surface area contributed by atoms with Crippen LogP contribution in [0.2, 0.25) is 0 Å². The molecule has 24 heavy (non-hydrogen) atoms. The van der Waals surface area contributed by atoms with Gasteiger partial charge in [0.15, 0.2) is 0 Å². The van der Waals surface area contributed by atoms with Gasteiger partial charge in [-0.1, -0.05) is 12.8 Å². The number of hydrogen-bond donors (Lipinski definition) is 3. The topological polar surface area (TPSA) is 84.2 Å². The Hall–Kier alpha value is -1.59. The summed E-state index contributed by atoms with van der Waals surface area (Å²) in [7, 11) is 0. The Balaban J connectivity index is 0.00000208. The third-order valence-corrected chi connectivity index (χ3v) is 4.80. The van der Waals surface area contributed by atoms with Crippen molar-refractivity contribution in [2.24, 2.45) is 17.6 Å². The number of carbonyl (C=O) groups excluding carboxylic acids is 2. The first-order valence-electron chi connectivity index (χ1n) is 8.58. The highest BCUT2D eigenvalue weighted by Crippen LogP contribution is 2.30. The molecule has 0 aliphatic heterocycles. The van der Waals surface area contributed by atoms with Crippen molar-refractivity contribution in [1.82, 2.24) is 0 Å². The first kappa shape index (κ1) is 18.7. The monoisotopic (exact) mass is 351 g/mol. The summed E-state index contributed by atoms with van der Waals surface area (Å²) in [5, 5.41) is 5.81. The second-order valence-corrected chi connectivity index (χ2v) is 6.80. The molecule has 3 rings (SSSR count). The molecule has 2 unspecified atom stereocenters. The van der Waals surface area contributed by atoms with Crippen LogP contribution in [0.15, 0.2) is 24.3 Å². The van der Waals surface area contributed by atoms with Crippen LogP contribution < -0.4 is 16.4 Å². The molecule has 1 aromatic carbocycles. The molecule has 2 amide bonds. The highest BCUT2D eigenvalue weighted by atomic mass is 35.5. The van der Waals surface area contributed by atoms with Gasteiger partial charge in [0.1, 0.15) is 0 Å². The highest BCUT2D eigenvalue weighted by Gasteiger charge is 2.29. The van der Waals surface area contributed by atoms with E-state index in [1.54, 1.807) is 0 Å². The lowest BCUT2D eigenvalue weighted by molar-refractivity contribution is -0.118. The van der Waals surface area contributed by atoms with Crippen molar-refractivity contribution in [3.8, 4) is 0 Å². The molecule has 2 aliphatic rings. The average Bonchev–Trinajstić information content (AvgIpc) is 3.36. The van der Waals surface area contributed by atoms with Crippen LogP contribution in [0.25, 0.3) is 0 Å². The summed E-state index contributed by atoms with van der Waals surface area (Å²) >= 11 is 0. The lowest BCUT2D eigenvalue weighted by Crippen LogP contribution is -2.35. The van der Waals surface area contributed by atoms with E-state index in [1.165, 1.54) is 12.8 Å². The first-order chi connectivity index (χ1) is 11.1. The Bertz CT molecular complexity index is 572. The lowest BCUT2D eigenvalue weighted by Gasteiger charge is -2.27. The molecule has 2 fully saturated rings. The molecule has 0 heterocycles. The minimum Gasteiger partial charge on any atom is -0.327 e. The Kier molecular flexibility index (Phi) is 6.63. The van der Waals surface area contributed by atoms with Gasteiger partial charge in [-0.2, -0.15) is 0 Å². The van der Waals surface area contributed by atoms with E-state index in [-0.39, 0.29) is 36.2 Å². The summed E-state index contributed by atoms with van der Waals surface area (Å²) in [6, 6.07) is 7.43. The van der Waals surface area contributed by atoms with Crippen LogP contribution in [0.1, 0.15) is 44.9 Å². The fraction of sp³-hybridized carbons (Fsp3) is 0.556. The van der Waals surface area contributed by atoms with Gasteiger partial charge in [0.05, 0.1) is 0 Å². The molecule has 0 radical (unpaired) electrons. The molecule has 4 N–H and O–H groups in total. The zero-order valence-corrected chi connectivity index (χ0v) is 14.6. The van der Waals surface area contributed by atoms with E-state index in [4.69, 9.17) is 5.73 Å². The van der Waals surface area contributed by atoms with Crippen molar-refractivity contribution in [3.63, 3.8) is 0 Å². The Morgan fingerprint density at radius 2 is 1.54 bits per heavy atom. The minimum absolute atomic E-state index is 0. The maximum Gasteiger partial charge on any atom is 0.227 e. The van der Waals surface area contributed by atoms with Gasteiger partial charge in [0.2, 0.25) is 11.8 Å².